The molecule has 0 spiro atoms. The highest BCUT2D eigenvalue weighted by Crippen LogP contribution is 2.03. The molecule has 0 unspecified atom stereocenters. The third-order valence-electron chi connectivity index (χ3n) is 1.26. The normalized spacial score (nSPS) is 14.2. The highest BCUT2D eigenvalue weighted by atomic mass is 16.5. The molecule has 1 aromatic carbocycles. The minimum atomic E-state index is -2.53. The summed E-state index contributed by atoms with van der Waals surface area (Å²) in [5.74, 6) is -0.489. The molecule has 12 heavy (non-hydrogen) atoms. The van der Waals surface area contributed by atoms with Crippen molar-refractivity contribution in [3.05, 3.63) is 30.3 Å². The zero-order chi connectivity index (χ0) is 11.3. The second-order valence-corrected chi connectivity index (χ2v) is 2.20. The van der Waals surface area contributed by atoms with Crippen molar-refractivity contribution in [2.45, 2.75) is 0 Å². The van der Waals surface area contributed by atoms with Crippen LogP contribution in [0.2, 0.25) is 0 Å². The zero-order valence-corrected chi connectivity index (χ0v) is 6.41. The van der Waals surface area contributed by atoms with Crippen LogP contribution in [0.3, 0.4) is 0 Å². The largest absolute Gasteiger partial charge is 0.375 e. The molecule has 0 bridgehead atoms. The summed E-state index contributed by atoms with van der Waals surface area (Å²) in [6.07, 6.45) is 0. The van der Waals surface area contributed by atoms with Gasteiger partial charge in [0.1, 0.15) is 6.61 Å². The molecule has 0 saturated heterocycles. The molecule has 1 amide bonds. The average Bonchev–Trinajstić information content (AvgIpc) is 2.15. The lowest BCUT2D eigenvalue weighted by molar-refractivity contribution is -0.119. The quantitative estimate of drug-likeness (QED) is 0.738. The third kappa shape index (κ3) is 2.72. The van der Waals surface area contributed by atoms with Gasteiger partial charge < -0.3 is 10.1 Å². The van der Waals surface area contributed by atoms with Crippen LogP contribution in [-0.4, -0.2) is 19.6 Å². The maximum absolute atomic E-state index is 11.2. The predicted molar refractivity (Wildman–Crippen MR) is 46.9 cm³/mol. The summed E-state index contributed by atoms with van der Waals surface area (Å²) >= 11 is 0. The Morgan fingerprint density at radius 2 is 2.33 bits per heavy atom. The number of carbonyl (C=O) groups is 1. The Hall–Kier alpha value is -1.35. The van der Waals surface area contributed by atoms with Gasteiger partial charge in [0.25, 0.3) is 0 Å². The molecule has 0 aromatic heterocycles. The minimum Gasteiger partial charge on any atom is -0.375 e. The smallest absolute Gasteiger partial charge is 0.250 e. The van der Waals surface area contributed by atoms with Gasteiger partial charge in [0.05, 0.1) is 4.11 Å². The fourth-order valence-corrected chi connectivity index (χ4v) is 0.784. The Kier molecular flexibility index (Phi) is 2.00. The number of anilines is 1. The van der Waals surface area contributed by atoms with Crippen molar-refractivity contribution >= 4 is 11.6 Å². The monoisotopic (exact) mass is 168 g/mol. The Balaban J connectivity index is 2.38. The van der Waals surface area contributed by atoms with Gasteiger partial charge in [0.2, 0.25) is 5.91 Å². The fourth-order valence-electron chi connectivity index (χ4n) is 0.784. The third-order valence-corrected chi connectivity index (χ3v) is 1.26. The Labute approximate surface area is 75.6 Å². The van der Waals surface area contributed by atoms with E-state index < -0.39 is 19.6 Å². The van der Waals surface area contributed by atoms with E-state index in [9.17, 15) is 4.79 Å². The van der Waals surface area contributed by atoms with E-state index in [1.165, 1.54) is 0 Å². The first kappa shape index (κ1) is 5.32. The van der Waals surface area contributed by atoms with Crippen LogP contribution in [0.5, 0.6) is 0 Å². The van der Waals surface area contributed by atoms with Crippen LogP contribution >= 0.6 is 0 Å². The van der Waals surface area contributed by atoms with E-state index in [4.69, 9.17) is 4.11 Å². The molecular formula is C9H11NO2. The van der Waals surface area contributed by atoms with Crippen molar-refractivity contribution < 1.29 is 13.6 Å². The molecule has 1 N–H and O–H groups in total. The Morgan fingerprint density at radius 3 is 3.00 bits per heavy atom. The van der Waals surface area contributed by atoms with Crippen molar-refractivity contribution in [3.8, 4) is 0 Å². The lowest BCUT2D eigenvalue weighted by Crippen LogP contribution is -2.16. The number of benzene rings is 1. The number of hydrogen-bond donors (Lipinski definition) is 1. The first-order valence-corrected chi connectivity index (χ1v) is 3.46. The molecule has 0 saturated carbocycles. The van der Waals surface area contributed by atoms with Gasteiger partial charge in [0.15, 0.2) is 0 Å². The molecule has 64 valence electrons. The van der Waals surface area contributed by atoms with Crippen LogP contribution in [0.25, 0.3) is 0 Å². The Morgan fingerprint density at radius 1 is 1.58 bits per heavy atom. The van der Waals surface area contributed by atoms with Crippen molar-refractivity contribution in [1.29, 1.82) is 0 Å². The second kappa shape index (κ2) is 4.51. The van der Waals surface area contributed by atoms with E-state index in [2.05, 4.69) is 10.1 Å². The van der Waals surface area contributed by atoms with Gasteiger partial charge in [-0.3, -0.25) is 4.79 Å². The minimum absolute atomic E-state index is 0.481. The van der Waals surface area contributed by atoms with Gasteiger partial charge in [-0.1, -0.05) is 18.2 Å². The zero-order valence-electron chi connectivity index (χ0n) is 9.41. The lowest BCUT2D eigenvalue weighted by atomic mass is 10.3. The van der Waals surface area contributed by atoms with Gasteiger partial charge in [0, 0.05) is 12.7 Å². The van der Waals surface area contributed by atoms with Crippen LogP contribution in [0.15, 0.2) is 30.3 Å². The van der Waals surface area contributed by atoms with E-state index in [1.54, 1.807) is 24.3 Å². The first-order chi connectivity index (χ1) is 6.97. The molecular weight excluding hydrogens is 154 g/mol. The molecule has 0 aliphatic rings. The van der Waals surface area contributed by atoms with E-state index in [0.717, 1.165) is 0 Å². The number of hydrogen-bond acceptors (Lipinski definition) is 2. The number of rotatable bonds is 3. The second-order valence-electron chi connectivity index (χ2n) is 2.20. The average molecular weight is 168 g/mol. The number of carbonyl (C=O) groups excluding carboxylic acids is 1. The molecule has 0 fully saturated rings. The summed E-state index contributed by atoms with van der Waals surface area (Å²) in [7, 11) is -2.53. The lowest BCUT2D eigenvalue weighted by Gasteiger charge is -2.02. The first-order valence-electron chi connectivity index (χ1n) is 4.96. The van der Waals surface area contributed by atoms with Crippen molar-refractivity contribution in [2.24, 2.45) is 0 Å². The van der Waals surface area contributed by atoms with Crippen LogP contribution < -0.4 is 5.32 Å². The standard InChI is InChI=1S/C9H11NO2/c1-12-7-9(11)10-8-5-3-2-4-6-8/h2-6H,7H2,1H3,(H,10,11)/i1D3. The highest BCUT2D eigenvalue weighted by molar-refractivity contribution is 5.91. The molecule has 3 heteroatoms. The number of nitrogens with one attached hydrogen (secondary N) is 1. The van der Waals surface area contributed by atoms with Crippen LogP contribution in [0.4, 0.5) is 5.69 Å². The summed E-state index contributed by atoms with van der Waals surface area (Å²) in [6, 6.07) is 8.75. The number of ether oxygens (including phenoxy) is 1. The number of amides is 1. The summed E-state index contributed by atoms with van der Waals surface area (Å²) < 4.78 is 24.6. The summed E-state index contributed by atoms with van der Waals surface area (Å²) in [6.45, 7) is -0.481. The highest BCUT2D eigenvalue weighted by Gasteiger charge is 1.98. The summed E-state index contributed by atoms with van der Waals surface area (Å²) in [5, 5.41) is 2.50. The Bertz CT molecular complexity index is 324. The van der Waals surface area contributed by atoms with Crippen LogP contribution in [-0.2, 0) is 9.53 Å². The van der Waals surface area contributed by atoms with Gasteiger partial charge in [-0.05, 0) is 12.1 Å². The van der Waals surface area contributed by atoms with Gasteiger partial charge in [-0.2, -0.15) is 0 Å². The maximum atomic E-state index is 11.2. The van der Waals surface area contributed by atoms with E-state index in [1.807, 2.05) is 6.07 Å². The van der Waals surface area contributed by atoms with E-state index >= 15 is 0 Å². The molecule has 0 heterocycles. The number of para-hydroxylation sites is 1. The van der Waals surface area contributed by atoms with Gasteiger partial charge in [-0.15, -0.1) is 0 Å². The van der Waals surface area contributed by atoms with Gasteiger partial charge >= 0.3 is 0 Å². The molecule has 3 nitrogen and oxygen atoms in total. The van der Waals surface area contributed by atoms with Crippen LogP contribution in [0, 0.1) is 0 Å². The van der Waals surface area contributed by atoms with Crippen molar-refractivity contribution in [1.82, 2.24) is 0 Å². The van der Waals surface area contributed by atoms with Crippen molar-refractivity contribution in [3.63, 3.8) is 0 Å². The molecule has 0 radical (unpaired) electrons. The van der Waals surface area contributed by atoms with E-state index in [0.29, 0.717) is 5.69 Å². The summed E-state index contributed by atoms with van der Waals surface area (Å²) in [5.41, 5.74) is 0.608. The topological polar surface area (TPSA) is 38.3 Å². The van der Waals surface area contributed by atoms with E-state index in [-0.39, 0.29) is 0 Å². The molecule has 0 atom stereocenters. The SMILES string of the molecule is [2H]C([2H])([2H])OCC(=O)Nc1ccccc1. The summed E-state index contributed by atoms with van der Waals surface area (Å²) in [4.78, 5) is 11.2. The maximum Gasteiger partial charge on any atom is 0.250 e. The van der Waals surface area contributed by atoms with Gasteiger partial charge in [-0.25, -0.2) is 0 Å². The fraction of sp³-hybridized carbons (Fsp3) is 0.222. The molecule has 0 aliphatic carbocycles. The molecule has 0 aliphatic heterocycles. The predicted octanol–water partition coefficient (Wildman–Crippen LogP) is 1.27. The van der Waals surface area contributed by atoms with Crippen LogP contribution in [0.1, 0.15) is 4.11 Å². The van der Waals surface area contributed by atoms with Crippen molar-refractivity contribution in [2.75, 3.05) is 19.0 Å². The number of methoxy groups -OCH3 is 1. The molecule has 1 rings (SSSR count). The molecule has 1 aromatic rings.